The smallest absolute Gasteiger partial charge is 0.311 e. The van der Waals surface area contributed by atoms with E-state index in [1.165, 1.54) is 18.4 Å². The van der Waals surface area contributed by atoms with Crippen LogP contribution in [-0.4, -0.2) is 24.0 Å². The number of halogens is 1. The molecule has 0 radical (unpaired) electrons. The number of amides is 1. The number of nitrogens with zero attached hydrogens (tertiary/aromatic N) is 1. The topological polar surface area (TPSA) is 81.4 Å². The highest BCUT2D eigenvalue weighted by Gasteiger charge is 2.13. The van der Waals surface area contributed by atoms with Gasteiger partial charge in [-0.15, -0.1) is 11.3 Å². The number of methoxy groups -OCH3 is 1. The second-order valence-electron chi connectivity index (χ2n) is 3.45. The van der Waals surface area contributed by atoms with Crippen LogP contribution in [0.15, 0.2) is 26.6 Å². The Hall–Kier alpha value is -1.67. The van der Waals surface area contributed by atoms with Gasteiger partial charge in [0.15, 0.2) is 15.6 Å². The minimum atomic E-state index is -0.398. The molecule has 0 aliphatic carbocycles. The predicted molar refractivity (Wildman–Crippen MR) is 72.2 cm³/mol. The van der Waals surface area contributed by atoms with Crippen molar-refractivity contribution in [3.63, 3.8) is 0 Å². The summed E-state index contributed by atoms with van der Waals surface area (Å²) < 4.78 is 10.1. The highest BCUT2D eigenvalue weighted by atomic mass is 79.9. The summed E-state index contributed by atoms with van der Waals surface area (Å²) in [5.74, 6) is -0.598. The number of esters is 1. The van der Waals surface area contributed by atoms with Crippen molar-refractivity contribution in [2.75, 3.05) is 12.4 Å². The lowest BCUT2D eigenvalue weighted by Crippen LogP contribution is -2.11. The Labute approximate surface area is 120 Å². The molecule has 8 heteroatoms. The normalized spacial score (nSPS) is 10.2. The van der Waals surface area contributed by atoms with Gasteiger partial charge in [0.05, 0.1) is 19.2 Å². The Bertz CT molecular complexity index is 607. The Morgan fingerprint density at radius 1 is 1.53 bits per heavy atom. The first-order valence-corrected chi connectivity index (χ1v) is 6.83. The van der Waals surface area contributed by atoms with Crippen LogP contribution in [0, 0.1) is 0 Å². The number of hydrogen-bond acceptors (Lipinski definition) is 6. The summed E-state index contributed by atoms with van der Waals surface area (Å²) in [7, 11) is 1.31. The molecule has 0 saturated carbocycles. The van der Waals surface area contributed by atoms with Gasteiger partial charge in [0.1, 0.15) is 0 Å². The Kier molecular flexibility index (Phi) is 4.33. The zero-order valence-electron chi connectivity index (χ0n) is 9.81. The van der Waals surface area contributed by atoms with E-state index in [1.807, 2.05) is 0 Å². The third-order valence-electron chi connectivity index (χ3n) is 2.12. The molecule has 0 atom stereocenters. The Morgan fingerprint density at radius 2 is 2.32 bits per heavy atom. The number of anilines is 1. The molecule has 6 nitrogen and oxygen atoms in total. The lowest BCUT2D eigenvalue weighted by molar-refractivity contribution is -0.139. The Balaban J connectivity index is 2.00. The van der Waals surface area contributed by atoms with Crippen LogP contribution >= 0.6 is 27.3 Å². The monoisotopic (exact) mass is 344 g/mol. The highest BCUT2D eigenvalue weighted by Crippen LogP contribution is 2.19. The van der Waals surface area contributed by atoms with Gasteiger partial charge in [-0.2, -0.15) is 0 Å². The fourth-order valence-electron chi connectivity index (χ4n) is 1.26. The summed E-state index contributed by atoms with van der Waals surface area (Å²) in [6.07, 6.45) is 0.0785. The van der Waals surface area contributed by atoms with E-state index >= 15 is 0 Å². The molecule has 0 aromatic carbocycles. The second kappa shape index (κ2) is 5.98. The van der Waals surface area contributed by atoms with Crippen molar-refractivity contribution in [3.8, 4) is 0 Å². The standard InChI is InChI=1S/C11H9BrN2O4S/c1-17-9(15)4-6-5-19-11(13-6)14-10(16)7-2-3-8(12)18-7/h2-3,5H,4H2,1H3,(H,13,14,16). The third kappa shape index (κ3) is 3.65. The summed E-state index contributed by atoms with van der Waals surface area (Å²) in [6.45, 7) is 0. The molecule has 2 rings (SSSR count). The molecule has 0 aliphatic rings. The highest BCUT2D eigenvalue weighted by molar-refractivity contribution is 9.10. The minimum absolute atomic E-state index is 0.0785. The summed E-state index contributed by atoms with van der Waals surface area (Å²) in [6, 6.07) is 3.17. The molecule has 0 bridgehead atoms. The maximum Gasteiger partial charge on any atom is 0.311 e. The zero-order valence-corrected chi connectivity index (χ0v) is 12.2. The first-order chi connectivity index (χ1) is 9.08. The van der Waals surface area contributed by atoms with Gasteiger partial charge < -0.3 is 9.15 Å². The van der Waals surface area contributed by atoms with Gasteiger partial charge in [0.2, 0.25) is 0 Å². The molecule has 0 spiro atoms. The number of ether oxygens (including phenoxy) is 1. The van der Waals surface area contributed by atoms with Crippen molar-refractivity contribution < 1.29 is 18.7 Å². The number of rotatable bonds is 4. The number of thiazole rings is 1. The van der Waals surface area contributed by atoms with Crippen LogP contribution in [0.2, 0.25) is 0 Å². The fourth-order valence-corrected chi connectivity index (χ4v) is 2.27. The SMILES string of the molecule is COC(=O)Cc1csc(NC(=O)c2ccc(Br)o2)n1. The van der Waals surface area contributed by atoms with Gasteiger partial charge in [0.25, 0.3) is 5.91 Å². The van der Waals surface area contributed by atoms with E-state index in [-0.39, 0.29) is 18.2 Å². The fraction of sp³-hybridized carbons (Fsp3) is 0.182. The predicted octanol–water partition coefficient (Wildman–Crippen LogP) is 2.47. The van der Waals surface area contributed by atoms with Gasteiger partial charge in [-0.1, -0.05) is 0 Å². The molecule has 0 unspecified atom stereocenters. The first kappa shape index (κ1) is 13.8. The van der Waals surface area contributed by atoms with Crippen LogP contribution in [0.25, 0.3) is 0 Å². The van der Waals surface area contributed by atoms with Crippen LogP contribution in [0.5, 0.6) is 0 Å². The zero-order chi connectivity index (χ0) is 13.8. The lowest BCUT2D eigenvalue weighted by atomic mass is 10.3. The number of nitrogens with one attached hydrogen (secondary N) is 1. The van der Waals surface area contributed by atoms with Gasteiger partial charge in [0, 0.05) is 5.38 Å². The number of aromatic nitrogens is 1. The quantitative estimate of drug-likeness (QED) is 0.861. The molecule has 2 heterocycles. The summed E-state index contributed by atoms with van der Waals surface area (Å²) >= 11 is 4.34. The number of furan rings is 1. The lowest BCUT2D eigenvalue weighted by Gasteiger charge is -1.97. The van der Waals surface area contributed by atoms with Crippen LogP contribution in [0.3, 0.4) is 0 Å². The van der Waals surface area contributed by atoms with Gasteiger partial charge in [-0.25, -0.2) is 4.98 Å². The van der Waals surface area contributed by atoms with Crippen molar-refractivity contribution in [1.82, 2.24) is 4.98 Å². The molecule has 1 amide bonds. The molecule has 2 aromatic heterocycles. The van der Waals surface area contributed by atoms with Gasteiger partial charge >= 0.3 is 5.97 Å². The van der Waals surface area contributed by atoms with Crippen molar-refractivity contribution in [2.45, 2.75) is 6.42 Å². The van der Waals surface area contributed by atoms with Crippen LogP contribution in [0.4, 0.5) is 5.13 Å². The summed E-state index contributed by atoms with van der Waals surface area (Å²) in [5, 5.41) is 4.67. The molecule has 19 heavy (non-hydrogen) atoms. The maximum atomic E-state index is 11.8. The molecule has 0 aliphatic heterocycles. The number of hydrogen-bond donors (Lipinski definition) is 1. The van der Waals surface area contributed by atoms with Gasteiger partial charge in [-0.3, -0.25) is 14.9 Å². The van der Waals surface area contributed by atoms with E-state index < -0.39 is 5.91 Å². The number of carbonyl (C=O) groups excluding carboxylic acids is 2. The summed E-state index contributed by atoms with van der Waals surface area (Å²) in [4.78, 5) is 26.9. The van der Waals surface area contributed by atoms with Crippen molar-refractivity contribution in [1.29, 1.82) is 0 Å². The van der Waals surface area contributed by atoms with E-state index in [0.29, 0.717) is 15.5 Å². The van der Waals surface area contributed by atoms with Crippen molar-refractivity contribution in [3.05, 3.63) is 33.6 Å². The molecule has 0 saturated heterocycles. The molecular weight excluding hydrogens is 336 g/mol. The molecule has 0 fully saturated rings. The van der Waals surface area contributed by atoms with E-state index in [1.54, 1.807) is 17.5 Å². The second-order valence-corrected chi connectivity index (χ2v) is 5.09. The summed E-state index contributed by atoms with van der Waals surface area (Å²) in [5.41, 5.74) is 0.549. The Morgan fingerprint density at radius 3 is 2.95 bits per heavy atom. The van der Waals surface area contributed by atoms with Crippen LogP contribution < -0.4 is 5.32 Å². The van der Waals surface area contributed by atoms with E-state index in [9.17, 15) is 9.59 Å². The number of carbonyl (C=O) groups is 2. The van der Waals surface area contributed by atoms with E-state index in [2.05, 4.69) is 31.0 Å². The average molecular weight is 345 g/mol. The third-order valence-corrected chi connectivity index (χ3v) is 3.36. The first-order valence-electron chi connectivity index (χ1n) is 5.16. The van der Waals surface area contributed by atoms with Crippen LogP contribution in [0.1, 0.15) is 16.2 Å². The average Bonchev–Trinajstić information content (AvgIpc) is 2.98. The largest absolute Gasteiger partial charge is 0.469 e. The molecule has 2 aromatic rings. The van der Waals surface area contributed by atoms with Crippen molar-refractivity contribution in [2.24, 2.45) is 0 Å². The van der Waals surface area contributed by atoms with E-state index in [0.717, 1.165) is 0 Å². The molecule has 1 N–H and O–H groups in total. The minimum Gasteiger partial charge on any atom is -0.469 e. The van der Waals surface area contributed by atoms with Gasteiger partial charge in [-0.05, 0) is 28.1 Å². The molecular formula is C11H9BrN2O4S. The van der Waals surface area contributed by atoms with Crippen LogP contribution in [-0.2, 0) is 16.0 Å². The van der Waals surface area contributed by atoms with Crippen molar-refractivity contribution >= 4 is 44.3 Å². The van der Waals surface area contributed by atoms with E-state index in [4.69, 9.17) is 4.42 Å². The maximum absolute atomic E-state index is 11.8. The molecule has 100 valence electrons.